The lowest BCUT2D eigenvalue weighted by molar-refractivity contribution is -0.383. The van der Waals surface area contributed by atoms with Crippen LogP contribution in [0.4, 0.5) is 22.7 Å². The molecule has 0 bridgehead atoms. The Hall–Kier alpha value is -4.19. The summed E-state index contributed by atoms with van der Waals surface area (Å²) < 4.78 is 0. The number of benzene rings is 2. The molecule has 2 aromatic rings. The number of nitro benzene ring substituents is 1. The van der Waals surface area contributed by atoms with Gasteiger partial charge in [-0.05, 0) is 30.3 Å². The molecule has 0 aliphatic heterocycles. The normalized spacial score (nSPS) is 10.4. The number of nitrogens with zero attached hydrogens (tertiary/aromatic N) is 2. The largest absolute Gasteiger partial charge is 0.355 e. The topological polar surface area (TPSA) is 137 Å². The molecule has 136 valence electrons. The fraction of sp³-hybridized carbons (Fsp3) is 0.0556. The van der Waals surface area contributed by atoms with Gasteiger partial charge in [-0.25, -0.2) is 0 Å². The quantitative estimate of drug-likeness (QED) is 0.311. The van der Waals surface area contributed by atoms with Crippen LogP contribution in [0.2, 0.25) is 0 Å². The van der Waals surface area contributed by atoms with Crippen molar-refractivity contribution in [1.29, 1.82) is 5.26 Å². The zero-order valence-electron chi connectivity index (χ0n) is 14.2. The molecule has 0 spiro atoms. The van der Waals surface area contributed by atoms with E-state index in [1.165, 1.54) is 25.1 Å². The Kier molecular flexibility index (Phi) is 6.22. The molecule has 3 N–H and O–H groups in total. The summed E-state index contributed by atoms with van der Waals surface area (Å²) in [6, 6.07) is 13.9. The fourth-order valence-corrected chi connectivity index (χ4v) is 2.09. The third-order valence-electron chi connectivity index (χ3n) is 3.30. The molecule has 0 unspecified atom stereocenters. The molecule has 9 nitrogen and oxygen atoms in total. The first-order valence-electron chi connectivity index (χ1n) is 7.70. The van der Waals surface area contributed by atoms with E-state index >= 15 is 0 Å². The number of carbonyl (C=O) groups is 2. The van der Waals surface area contributed by atoms with Crippen molar-refractivity contribution in [2.24, 2.45) is 0 Å². The Morgan fingerprint density at radius 2 is 1.67 bits per heavy atom. The number of nitriles is 1. The van der Waals surface area contributed by atoms with Crippen molar-refractivity contribution in [2.45, 2.75) is 6.92 Å². The van der Waals surface area contributed by atoms with Crippen LogP contribution in [0.15, 0.2) is 60.3 Å². The highest BCUT2D eigenvalue weighted by molar-refractivity contribution is 6.06. The van der Waals surface area contributed by atoms with Crippen LogP contribution in [-0.4, -0.2) is 16.7 Å². The van der Waals surface area contributed by atoms with Crippen molar-refractivity contribution in [2.75, 3.05) is 16.0 Å². The van der Waals surface area contributed by atoms with Crippen molar-refractivity contribution in [3.63, 3.8) is 0 Å². The standard InChI is InChI=1S/C18H15N5O4/c1-12(24)21-14-6-8-15(9-7-14)22-18(25)13(10-19)11-20-16-4-2-3-5-17(16)23(26)27/h2-9,11,20H,1H3,(H,21,24)(H,22,25)/b13-11-. The lowest BCUT2D eigenvalue weighted by atomic mass is 10.2. The summed E-state index contributed by atoms with van der Waals surface area (Å²) in [6.45, 7) is 1.38. The molecule has 2 aromatic carbocycles. The second kappa shape index (κ2) is 8.77. The zero-order valence-corrected chi connectivity index (χ0v) is 14.2. The Balaban J connectivity index is 2.10. The lowest BCUT2D eigenvalue weighted by Crippen LogP contribution is -2.14. The minimum absolute atomic E-state index is 0.155. The molecule has 0 aliphatic rings. The van der Waals surface area contributed by atoms with Gasteiger partial charge in [0.25, 0.3) is 11.6 Å². The molecule has 0 aromatic heterocycles. The van der Waals surface area contributed by atoms with Crippen LogP contribution in [0.5, 0.6) is 0 Å². The van der Waals surface area contributed by atoms with E-state index in [2.05, 4.69) is 16.0 Å². The second-order valence-electron chi connectivity index (χ2n) is 5.30. The summed E-state index contributed by atoms with van der Waals surface area (Å²) in [4.78, 5) is 33.6. The molecule has 0 fully saturated rings. The summed E-state index contributed by atoms with van der Waals surface area (Å²) in [5.41, 5.74) is 0.692. The van der Waals surface area contributed by atoms with Crippen LogP contribution >= 0.6 is 0 Å². The SMILES string of the molecule is CC(=O)Nc1ccc(NC(=O)/C(C#N)=C\Nc2ccccc2[N+](=O)[O-])cc1. The van der Waals surface area contributed by atoms with Crippen molar-refractivity contribution < 1.29 is 14.5 Å². The number of anilines is 3. The number of rotatable bonds is 6. The molecule has 0 radical (unpaired) electrons. The summed E-state index contributed by atoms with van der Waals surface area (Å²) >= 11 is 0. The van der Waals surface area contributed by atoms with E-state index in [4.69, 9.17) is 0 Å². The number of hydrogen-bond donors (Lipinski definition) is 3. The highest BCUT2D eigenvalue weighted by Gasteiger charge is 2.13. The van der Waals surface area contributed by atoms with Crippen LogP contribution in [0.25, 0.3) is 0 Å². The van der Waals surface area contributed by atoms with Gasteiger partial charge in [-0.1, -0.05) is 12.1 Å². The van der Waals surface area contributed by atoms with Crippen molar-refractivity contribution in [1.82, 2.24) is 0 Å². The van der Waals surface area contributed by atoms with Crippen LogP contribution in [0.3, 0.4) is 0 Å². The van der Waals surface area contributed by atoms with Crippen molar-refractivity contribution >= 4 is 34.6 Å². The minimum atomic E-state index is -0.684. The molecule has 0 aliphatic carbocycles. The molecule has 0 atom stereocenters. The fourth-order valence-electron chi connectivity index (χ4n) is 2.09. The molecule has 0 heterocycles. The van der Waals surface area contributed by atoms with Crippen molar-refractivity contribution in [3.8, 4) is 6.07 Å². The summed E-state index contributed by atoms with van der Waals surface area (Å²) in [5, 5.41) is 27.9. The van der Waals surface area contributed by atoms with Gasteiger partial charge in [0, 0.05) is 30.6 Å². The van der Waals surface area contributed by atoms with Gasteiger partial charge in [0.15, 0.2) is 0 Å². The first-order chi connectivity index (χ1) is 12.9. The van der Waals surface area contributed by atoms with Gasteiger partial charge in [-0.15, -0.1) is 0 Å². The van der Waals surface area contributed by atoms with E-state index in [1.807, 2.05) is 0 Å². The Morgan fingerprint density at radius 1 is 1.07 bits per heavy atom. The average Bonchev–Trinajstić information content (AvgIpc) is 2.63. The lowest BCUT2D eigenvalue weighted by Gasteiger charge is -2.07. The number of para-hydroxylation sites is 2. The second-order valence-corrected chi connectivity index (χ2v) is 5.30. The summed E-state index contributed by atoms with van der Waals surface area (Å²) in [7, 11) is 0. The Labute approximate surface area is 154 Å². The van der Waals surface area contributed by atoms with Gasteiger partial charge in [0.1, 0.15) is 17.3 Å². The van der Waals surface area contributed by atoms with Crippen LogP contribution in [-0.2, 0) is 9.59 Å². The maximum atomic E-state index is 12.2. The summed E-state index contributed by atoms with van der Waals surface area (Å²) in [5.74, 6) is -0.904. The molecule has 2 amide bonds. The van der Waals surface area contributed by atoms with E-state index in [0.717, 1.165) is 6.20 Å². The van der Waals surface area contributed by atoms with E-state index in [-0.39, 0.29) is 22.9 Å². The monoisotopic (exact) mass is 365 g/mol. The summed E-state index contributed by atoms with van der Waals surface area (Å²) in [6.07, 6.45) is 1.10. The number of nitrogens with one attached hydrogen (secondary N) is 3. The van der Waals surface area contributed by atoms with Crippen LogP contribution in [0, 0.1) is 21.4 Å². The predicted octanol–water partition coefficient (Wildman–Crippen LogP) is 3.01. The highest BCUT2D eigenvalue weighted by Crippen LogP contribution is 2.23. The highest BCUT2D eigenvalue weighted by atomic mass is 16.6. The minimum Gasteiger partial charge on any atom is -0.355 e. The third kappa shape index (κ3) is 5.40. The van der Waals surface area contributed by atoms with E-state index in [0.29, 0.717) is 11.4 Å². The zero-order chi connectivity index (χ0) is 19.8. The third-order valence-corrected chi connectivity index (χ3v) is 3.30. The van der Waals surface area contributed by atoms with E-state index < -0.39 is 10.8 Å². The molecule has 9 heteroatoms. The Bertz CT molecular complexity index is 945. The van der Waals surface area contributed by atoms with Crippen LogP contribution < -0.4 is 16.0 Å². The van der Waals surface area contributed by atoms with E-state index in [1.54, 1.807) is 36.4 Å². The van der Waals surface area contributed by atoms with Gasteiger partial charge in [0.05, 0.1) is 4.92 Å². The Morgan fingerprint density at radius 3 is 2.22 bits per heavy atom. The molecule has 0 saturated carbocycles. The predicted molar refractivity (Wildman–Crippen MR) is 99.8 cm³/mol. The van der Waals surface area contributed by atoms with Crippen LogP contribution in [0.1, 0.15) is 6.92 Å². The van der Waals surface area contributed by atoms with Gasteiger partial charge in [-0.2, -0.15) is 5.26 Å². The molecule has 0 saturated heterocycles. The first-order valence-corrected chi connectivity index (χ1v) is 7.70. The number of amides is 2. The average molecular weight is 365 g/mol. The molecular weight excluding hydrogens is 350 g/mol. The maximum absolute atomic E-state index is 12.2. The van der Waals surface area contributed by atoms with Gasteiger partial charge >= 0.3 is 0 Å². The first kappa shape index (κ1) is 19.1. The van der Waals surface area contributed by atoms with Gasteiger partial charge < -0.3 is 16.0 Å². The number of carbonyl (C=O) groups excluding carboxylic acids is 2. The van der Waals surface area contributed by atoms with Gasteiger partial charge in [-0.3, -0.25) is 19.7 Å². The smallest absolute Gasteiger partial charge is 0.292 e. The maximum Gasteiger partial charge on any atom is 0.292 e. The molecular formula is C18H15N5O4. The molecule has 2 rings (SSSR count). The molecule has 27 heavy (non-hydrogen) atoms. The van der Waals surface area contributed by atoms with Crippen molar-refractivity contribution in [3.05, 3.63) is 70.4 Å². The van der Waals surface area contributed by atoms with Gasteiger partial charge in [0.2, 0.25) is 5.91 Å². The number of hydrogen-bond acceptors (Lipinski definition) is 6. The van der Waals surface area contributed by atoms with E-state index in [9.17, 15) is 25.0 Å². The number of nitro groups is 1.